The van der Waals surface area contributed by atoms with Gasteiger partial charge in [-0.05, 0) is 80.6 Å². The number of rotatable bonds is 12. The Hall–Kier alpha value is -2.72. The number of anilines is 1. The van der Waals surface area contributed by atoms with Crippen LogP contribution in [-0.4, -0.2) is 50.5 Å². The van der Waals surface area contributed by atoms with Gasteiger partial charge in [0.05, 0.1) is 20.6 Å². The van der Waals surface area contributed by atoms with Gasteiger partial charge < -0.3 is 10.2 Å². The molecule has 214 valence electrons. The second kappa shape index (κ2) is 14.3. The molecule has 0 spiro atoms. The fourth-order valence-electron chi connectivity index (χ4n) is 4.16. The Morgan fingerprint density at radius 3 is 2.15 bits per heavy atom. The predicted molar refractivity (Wildman–Crippen MR) is 164 cm³/mol. The second-order valence-electron chi connectivity index (χ2n) is 9.11. The molecule has 3 aromatic rings. The SMILES string of the molecule is CCNC(=O)C(CC)N(Cc1ccc(Cl)c(Cl)c1)C(=O)CN(c1ccc(C)cc1)S(=O)(=O)c1ccc(SC)cc1. The summed E-state index contributed by atoms with van der Waals surface area (Å²) >= 11 is 13.8. The number of sulfonamides is 1. The number of aryl methyl sites for hydroxylation is 1. The Bertz CT molecular complexity index is 1430. The molecule has 3 aromatic carbocycles. The zero-order chi connectivity index (χ0) is 29.4. The minimum Gasteiger partial charge on any atom is -0.355 e. The van der Waals surface area contributed by atoms with E-state index < -0.39 is 28.5 Å². The number of nitrogens with one attached hydrogen (secondary N) is 1. The van der Waals surface area contributed by atoms with Gasteiger partial charge in [0.2, 0.25) is 11.8 Å². The van der Waals surface area contributed by atoms with Crippen LogP contribution in [0.25, 0.3) is 0 Å². The van der Waals surface area contributed by atoms with E-state index in [1.807, 2.05) is 13.2 Å². The summed E-state index contributed by atoms with van der Waals surface area (Å²) in [5.74, 6) is -0.857. The smallest absolute Gasteiger partial charge is 0.264 e. The van der Waals surface area contributed by atoms with Crippen molar-refractivity contribution in [3.8, 4) is 0 Å². The molecule has 1 N–H and O–H groups in total. The van der Waals surface area contributed by atoms with E-state index in [0.717, 1.165) is 14.8 Å². The minimum absolute atomic E-state index is 0.0373. The van der Waals surface area contributed by atoms with Crippen molar-refractivity contribution in [1.29, 1.82) is 0 Å². The van der Waals surface area contributed by atoms with Gasteiger partial charge in [-0.15, -0.1) is 11.8 Å². The maximum Gasteiger partial charge on any atom is 0.264 e. The Labute approximate surface area is 250 Å². The van der Waals surface area contributed by atoms with Crippen LogP contribution in [0.5, 0.6) is 0 Å². The number of hydrogen-bond acceptors (Lipinski definition) is 5. The van der Waals surface area contributed by atoms with Gasteiger partial charge in [0.25, 0.3) is 10.0 Å². The first-order valence-corrected chi connectivity index (χ1v) is 16.2. The Morgan fingerprint density at radius 2 is 1.60 bits per heavy atom. The molecule has 3 rings (SSSR count). The monoisotopic (exact) mass is 621 g/mol. The standard InChI is InChI=1S/C29H33Cl2N3O4S2/c1-5-27(29(36)32-6-2)33(18-21-9-16-25(30)26(31)17-21)28(35)19-34(22-10-7-20(3)8-11-22)40(37,38)24-14-12-23(39-4)13-15-24/h7-17,27H,5-6,18-19H2,1-4H3,(H,32,36). The molecule has 0 saturated carbocycles. The lowest BCUT2D eigenvalue weighted by Crippen LogP contribution is -2.52. The van der Waals surface area contributed by atoms with Crippen LogP contribution in [0.3, 0.4) is 0 Å². The van der Waals surface area contributed by atoms with Crippen molar-refractivity contribution in [2.24, 2.45) is 0 Å². The normalized spacial score (nSPS) is 12.1. The molecule has 0 saturated heterocycles. The molecule has 0 heterocycles. The van der Waals surface area contributed by atoms with Crippen LogP contribution in [0.1, 0.15) is 31.4 Å². The number of carbonyl (C=O) groups excluding carboxylic acids is 2. The quantitative estimate of drug-likeness (QED) is 0.245. The van der Waals surface area contributed by atoms with E-state index in [4.69, 9.17) is 23.2 Å². The van der Waals surface area contributed by atoms with Gasteiger partial charge in [-0.25, -0.2) is 8.42 Å². The predicted octanol–water partition coefficient (Wildman–Crippen LogP) is 6.16. The van der Waals surface area contributed by atoms with Crippen molar-refractivity contribution in [3.63, 3.8) is 0 Å². The molecule has 0 aliphatic rings. The van der Waals surface area contributed by atoms with Gasteiger partial charge in [0, 0.05) is 18.0 Å². The van der Waals surface area contributed by atoms with Crippen molar-refractivity contribution < 1.29 is 18.0 Å². The number of thioether (sulfide) groups is 1. The van der Waals surface area contributed by atoms with E-state index in [0.29, 0.717) is 34.3 Å². The van der Waals surface area contributed by atoms with Crippen LogP contribution in [0.15, 0.2) is 76.5 Å². The summed E-state index contributed by atoms with van der Waals surface area (Å²) in [6, 6.07) is 17.6. The van der Waals surface area contributed by atoms with Crippen molar-refractivity contribution in [1.82, 2.24) is 10.2 Å². The van der Waals surface area contributed by atoms with Crippen molar-refractivity contribution in [3.05, 3.63) is 87.9 Å². The van der Waals surface area contributed by atoms with Gasteiger partial charge in [-0.2, -0.15) is 0 Å². The third-order valence-corrected chi connectivity index (χ3v) is 9.59. The number of halogens is 2. The molecule has 0 aromatic heterocycles. The number of hydrogen-bond donors (Lipinski definition) is 1. The minimum atomic E-state index is -4.13. The molecular formula is C29H33Cl2N3O4S2. The van der Waals surface area contributed by atoms with E-state index in [2.05, 4.69) is 5.32 Å². The van der Waals surface area contributed by atoms with E-state index >= 15 is 0 Å². The summed E-state index contributed by atoms with van der Waals surface area (Å²) in [5.41, 5.74) is 1.94. The van der Waals surface area contributed by atoms with Crippen LogP contribution in [-0.2, 0) is 26.2 Å². The van der Waals surface area contributed by atoms with Crippen LogP contribution in [0.2, 0.25) is 10.0 Å². The largest absolute Gasteiger partial charge is 0.355 e. The molecule has 0 bridgehead atoms. The van der Waals surface area contributed by atoms with Gasteiger partial charge >= 0.3 is 0 Å². The van der Waals surface area contributed by atoms with Gasteiger partial charge in [0.15, 0.2) is 0 Å². The molecule has 11 heteroatoms. The summed E-state index contributed by atoms with van der Waals surface area (Å²) in [4.78, 5) is 29.4. The van der Waals surface area contributed by atoms with Gasteiger partial charge in [0.1, 0.15) is 12.6 Å². The average Bonchev–Trinajstić information content (AvgIpc) is 2.94. The first kappa shape index (κ1) is 31.8. The number of amides is 2. The zero-order valence-electron chi connectivity index (χ0n) is 22.9. The molecule has 7 nitrogen and oxygen atoms in total. The summed E-state index contributed by atoms with van der Waals surface area (Å²) < 4.78 is 28.9. The number of likely N-dealkylation sites (N-methyl/N-ethyl adjacent to an activating group) is 1. The van der Waals surface area contributed by atoms with Crippen molar-refractivity contribution in [2.45, 2.75) is 49.6 Å². The van der Waals surface area contributed by atoms with Gasteiger partial charge in [-0.3, -0.25) is 13.9 Å². The lowest BCUT2D eigenvalue weighted by Gasteiger charge is -2.33. The van der Waals surface area contributed by atoms with E-state index in [9.17, 15) is 18.0 Å². The first-order chi connectivity index (χ1) is 19.0. The molecule has 0 fully saturated rings. The Kier molecular flexibility index (Phi) is 11.3. The lowest BCUT2D eigenvalue weighted by atomic mass is 10.1. The molecule has 2 amide bonds. The van der Waals surface area contributed by atoms with Crippen molar-refractivity contribution in [2.75, 3.05) is 23.7 Å². The van der Waals surface area contributed by atoms with Crippen LogP contribution in [0.4, 0.5) is 5.69 Å². The second-order valence-corrected chi connectivity index (χ2v) is 12.7. The average molecular weight is 623 g/mol. The van der Waals surface area contributed by atoms with E-state index in [1.165, 1.54) is 28.8 Å². The Balaban J connectivity index is 2.06. The number of benzene rings is 3. The topological polar surface area (TPSA) is 86.8 Å². The number of nitrogens with zero attached hydrogens (tertiary/aromatic N) is 2. The van der Waals surface area contributed by atoms with Crippen LogP contribution < -0.4 is 9.62 Å². The summed E-state index contributed by atoms with van der Waals surface area (Å²) in [5, 5.41) is 3.46. The third kappa shape index (κ3) is 7.72. The molecule has 0 aliphatic carbocycles. The molecule has 0 aliphatic heterocycles. The van der Waals surface area contributed by atoms with Crippen LogP contribution in [0, 0.1) is 6.92 Å². The highest BCUT2D eigenvalue weighted by atomic mass is 35.5. The van der Waals surface area contributed by atoms with Crippen molar-refractivity contribution >= 4 is 62.5 Å². The highest BCUT2D eigenvalue weighted by molar-refractivity contribution is 7.98. The van der Waals surface area contributed by atoms with Gasteiger partial charge in [-0.1, -0.05) is 53.9 Å². The maximum atomic E-state index is 14.0. The fraction of sp³-hybridized carbons (Fsp3) is 0.310. The molecule has 1 unspecified atom stereocenters. The summed E-state index contributed by atoms with van der Waals surface area (Å²) in [7, 11) is -4.13. The summed E-state index contributed by atoms with van der Waals surface area (Å²) in [6.45, 7) is 5.41. The van der Waals surface area contributed by atoms with E-state index in [1.54, 1.807) is 68.4 Å². The van der Waals surface area contributed by atoms with E-state index in [-0.39, 0.29) is 17.3 Å². The highest BCUT2D eigenvalue weighted by Gasteiger charge is 2.33. The lowest BCUT2D eigenvalue weighted by molar-refractivity contribution is -0.140. The first-order valence-electron chi connectivity index (χ1n) is 12.8. The maximum absolute atomic E-state index is 14.0. The zero-order valence-corrected chi connectivity index (χ0v) is 26.0. The van der Waals surface area contributed by atoms with Crippen LogP contribution >= 0.6 is 35.0 Å². The molecule has 0 radical (unpaired) electrons. The fourth-order valence-corrected chi connectivity index (χ4v) is 6.30. The molecule has 40 heavy (non-hydrogen) atoms. The third-order valence-electron chi connectivity index (χ3n) is 6.32. The molecule has 1 atom stereocenters. The summed E-state index contributed by atoms with van der Waals surface area (Å²) in [6.07, 6.45) is 2.23. The highest BCUT2D eigenvalue weighted by Crippen LogP contribution is 2.28. The Morgan fingerprint density at radius 1 is 0.950 bits per heavy atom. The number of carbonyl (C=O) groups is 2. The molecular weight excluding hydrogens is 589 g/mol.